The molecule has 0 aliphatic heterocycles. The molecule has 0 bridgehead atoms. The molecule has 0 spiro atoms. The third-order valence-electron chi connectivity index (χ3n) is 4.25. The van der Waals surface area contributed by atoms with E-state index < -0.39 is 0 Å². The summed E-state index contributed by atoms with van der Waals surface area (Å²) in [6.45, 7) is 4.34. The zero-order chi connectivity index (χ0) is 18.1. The van der Waals surface area contributed by atoms with E-state index in [9.17, 15) is 9.59 Å². The van der Waals surface area contributed by atoms with Gasteiger partial charge in [0, 0.05) is 29.3 Å². The first-order valence-electron chi connectivity index (χ1n) is 7.92. The summed E-state index contributed by atoms with van der Waals surface area (Å²) < 4.78 is 2.72. The molecule has 0 aliphatic carbocycles. The molecule has 3 rings (SSSR count). The van der Waals surface area contributed by atoms with Gasteiger partial charge in [-0.05, 0) is 53.9 Å². The van der Waals surface area contributed by atoms with Crippen LogP contribution in [0.1, 0.15) is 28.1 Å². The SMILES string of the molecule is Cc1nn(C)c2[nH]c(=O)c(CCC(=O)NCc3ccc(Br)s3)c(C)c12. The van der Waals surface area contributed by atoms with Gasteiger partial charge in [0.05, 0.1) is 16.0 Å². The largest absolute Gasteiger partial charge is 0.351 e. The first-order valence-corrected chi connectivity index (χ1v) is 9.53. The topological polar surface area (TPSA) is 79.8 Å². The first kappa shape index (κ1) is 17.9. The molecule has 3 aromatic heterocycles. The second-order valence-corrected chi connectivity index (χ2v) is 8.52. The number of thiophene rings is 1. The van der Waals surface area contributed by atoms with E-state index in [1.165, 1.54) is 0 Å². The van der Waals surface area contributed by atoms with Crippen LogP contribution in [0.5, 0.6) is 0 Å². The highest BCUT2D eigenvalue weighted by Gasteiger charge is 2.15. The summed E-state index contributed by atoms with van der Waals surface area (Å²) in [6, 6.07) is 3.93. The quantitative estimate of drug-likeness (QED) is 0.662. The Morgan fingerprint density at radius 2 is 2.16 bits per heavy atom. The molecule has 6 nitrogen and oxygen atoms in total. The third kappa shape index (κ3) is 3.69. The van der Waals surface area contributed by atoms with Gasteiger partial charge in [-0.1, -0.05) is 0 Å². The molecule has 0 unspecified atom stereocenters. The minimum atomic E-state index is -0.150. The van der Waals surface area contributed by atoms with Crippen LogP contribution in [0.15, 0.2) is 20.7 Å². The van der Waals surface area contributed by atoms with Crippen molar-refractivity contribution in [2.24, 2.45) is 7.05 Å². The van der Waals surface area contributed by atoms with Gasteiger partial charge in [0.15, 0.2) is 0 Å². The summed E-state index contributed by atoms with van der Waals surface area (Å²) in [4.78, 5) is 28.5. The Bertz CT molecular complexity index is 1000. The molecule has 3 aromatic rings. The molecule has 0 radical (unpaired) electrons. The molecule has 132 valence electrons. The fourth-order valence-corrected chi connectivity index (χ4v) is 4.44. The normalized spacial score (nSPS) is 11.2. The molecular formula is C17H19BrN4O2S. The van der Waals surface area contributed by atoms with Gasteiger partial charge in [0.25, 0.3) is 5.56 Å². The Labute approximate surface area is 157 Å². The maximum Gasteiger partial charge on any atom is 0.253 e. The van der Waals surface area contributed by atoms with Crippen LogP contribution in [0.2, 0.25) is 0 Å². The third-order valence-corrected chi connectivity index (χ3v) is 5.87. The predicted molar refractivity (Wildman–Crippen MR) is 103 cm³/mol. The number of carbonyl (C=O) groups is 1. The molecular weight excluding hydrogens is 404 g/mol. The first-order chi connectivity index (χ1) is 11.9. The van der Waals surface area contributed by atoms with Crippen molar-refractivity contribution in [1.82, 2.24) is 20.1 Å². The number of H-pyrrole nitrogens is 1. The van der Waals surface area contributed by atoms with Crippen molar-refractivity contribution in [3.05, 3.63) is 48.0 Å². The summed E-state index contributed by atoms with van der Waals surface area (Å²) in [6.07, 6.45) is 0.687. The van der Waals surface area contributed by atoms with E-state index in [0.717, 1.165) is 31.0 Å². The number of rotatable bonds is 5. The Hall–Kier alpha value is -1.93. The van der Waals surface area contributed by atoms with Crippen LogP contribution < -0.4 is 10.9 Å². The zero-order valence-corrected chi connectivity index (χ0v) is 16.7. The maximum atomic E-state index is 12.4. The zero-order valence-electron chi connectivity index (χ0n) is 14.3. The predicted octanol–water partition coefficient (Wildman–Crippen LogP) is 2.95. The lowest BCUT2D eigenvalue weighted by Gasteiger charge is -2.08. The number of aryl methyl sites for hydroxylation is 3. The molecule has 3 heterocycles. The van der Waals surface area contributed by atoms with Crippen molar-refractivity contribution in [2.45, 2.75) is 33.2 Å². The van der Waals surface area contributed by atoms with Crippen LogP contribution in [0.3, 0.4) is 0 Å². The standard InChI is InChI=1S/C17H19BrN4O2S/c1-9-12(17(24)20-16-15(9)10(2)21-22(16)3)5-7-14(23)19-8-11-4-6-13(18)25-11/h4,6H,5,7-8H2,1-3H3,(H,19,23)(H,20,24). The Balaban J connectivity index is 1.71. The summed E-state index contributed by atoms with van der Waals surface area (Å²) >= 11 is 5.00. The van der Waals surface area contributed by atoms with Crippen molar-refractivity contribution in [3.63, 3.8) is 0 Å². The van der Waals surface area contributed by atoms with Crippen molar-refractivity contribution in [3.8, 4) is 0 Å². The molecule has 25 heavy (non-hydrogen) atoms. The number of aromatic nitrogens is 3. The highest BCUT2D eigenvalue weighted by atomic mass is 79.9. The molecule has 0 fully saturated rings. The minimum absolute atomic E-state index is 0.0636. The van der Waals surface area contributed by atoms with Crippen molar-refractivity contribution < 1.29 is 4.79 Å². The van der Waals surface area contributed by atoms with E-state index in [4.69, 9.17) is 0 Å². The number of fused-ring (bicyclic) bond motifs is 1. The van der Waals surface area contributed by atoms with Crippen LogP contribution in [0.25, 0.3) is 11.0 Å². The van der Waals surface area contributed by atoms with Gasteiger partial charge in [0.2, 0.25) is 5.91 Å². The number of carbonyl (C=O) groups excluding carboxylic acids is 1. The van der Waals surface area contributed by atoms with Crippen LogP contribution in [-0.4, -0.2) is 20.7 Å². The van der Waals surface area contributed by atoms with Crippen molar-refractivity contribution >= 4 is 44.2 Å². The average Bonchev–Trinajstić information content (AvgIpc) is 3.08. The lowest BCUT2D eigenvalue weighted by molar-refractivity contribution is -0.121. The fraction of sp³-hybridized carbons (Fsp3) is 0.353. The summed E-state index contributed by atoms with van der Waals surface area (Å²) in [5.74, 6) is -0.0636. The number of halogens is 1. The maximum absolute atomic E-state index is 12.4. The number of nitrogens with one attached hydrogen (secondary N) is 2. The second-order valence-electron chi connectivity index (χ2n) is 5.97. The van der Waals surface area contributed by atoms with Gasteiger partial charge in [-0.25, -0.2) is 0 Å². The molecule has 0 atom stereocenters. The van der Waals surface area contributed by atoms with E-state index in [1.54, 1.807) is 23.1 Å². The average molecular weight is 423 g/mol. The molecule has 1 amide bonds. The van der Waals surface area contributed by atoms with Crippen molar-refractivity contribution in [1.29, 1.82) is 0 Å². The van der Waals surface area contributed by atoms with E-state index in [1.807, 2.05) is 26.0 Å². The molecule has 0 saturated carbocycles. The number of pyridine rings is 1. The Kier molecular flexibility index (Phi) is 5.10. The second kappa shape index (κ2) is 7.13. The van der Waals surface area contributed by atoms with Gasteiger partial charge in [-0.15, -0.1) is 11.3 Å². The number of nitrogens with zero attached hydrogens (tertiary/aromatic N) is 2. The van der Waals surface area contributed by atoms with Gasteiger partial charge in [0.1, 0.15) is 5.65 Å². The minimum Gasteiger partial charge on any atom is -0.351 e. The van der Waals surface area contributed by atoms with Gasteiger partial charge >= 0.3 is 0 Å². The Morgan fingerprint density at radius 1 is 1.40 bits per heavy atom. The summed E-state index contributed by atoms with van der Waals surface area (Å²) in [5.41, 5.74) is 3.00. The van der Waals surface area contributed by atoms with Crippen LogP contribution in [-0.2, 0) is 24.8 Å². The number of amides is 1. The van der Waals surface area contributed by atoms with E-state index in [0.29, 0.717) is 18.5 Å². The molecule has 8 heteroatoms. The lowest BCUT2D eigenvalue weighted by atomic mass is 10.0. The molecule has 0 aliphatic rings. The number of hydrogen-bond donors (Lipinski definition) is 2. The van der Waals surface area contributed by atoms with E-state index >= 15 is 0 Å². The van der Waals surface area contributed by atoms with E-state index in [2.05, 4.69) is 31.3 Å². The van der Waals surface area contributed by atoms with Gasteiger partial charge in [-0.3, -0.25) is 14.3 Å². The molecule has 0 aromatic carbocycles. The number of aromatic amines is 1. The van der Waals surface area contributed by atoms with Crippen LogP contribution in [0, 0.1) is 13.8 Å². The van der Waals surface area contributed by atoms with Crippen LogP contribution in [0.4, 0.5) is 0 Å². The lowest BCUT2D eigenvalue weighted by Crippen LogP contribution is -2.24. The number of hydrogen-bond acceptors (Lipinski definition) is 4. The highest BCUT2D eigenvalue weighted by molar-refractivity contribution is 9.11. The van der Waals surface area contributed by atoms with Crippen LogP contribution >= 0.6 is 27.3 Å². The van der Waals surface area contributed by atoms with Crippen molar-refractivity contribution in [2.75, 3.05) is 0 Å². The fourth-order valence-electron chi connectivity index (χ4n) is 3.02. The summed E-state index contributed by atoms with van der Waals surface area (Å²) in [5, 5.41) is 8.21. The van der Waals surface area contributed by atoms with Gasteiger partial charge in [-0.2, -0.15) is 5.10 Å². The monoisotopic (exact) mass is 422 g/mol. The Morgan fingerprint density at radius 3 is 2.84 bits per heavy atom. The highest BCUT2D eigenvalue weighted by Crippen LogP contribution is 2.22. The smallest absolute Gasteiger partial charge is 0.253 e. The summed E-state index contributed by atoms with van der Waals surface area (Å²) in [7, 11) is 1.81. The molecule has 2 N–H and O–H groups in total. The molecule has 0 saturated heterocycles. The van der Waals surface area contributed by atoms with E-state index in [-0.39, 0.29) is 17.9 Å². The van der Waals surface area contributed by atoms with Gasteiger partial charge < -0.3 is 10.3 Å².